The van der Waals surface area contributed by atoms with Crippen LogP contribution in [-0.4, -0.2) is 13.1 Å². The van der Waals surface area contributed by atoms with Gasteiger partial charge >= 0.3 is 0 Å². The highest BCUT2D eigenvalue weighted by Crippen LogP contribution is 2.61. The van der Waals surface area contributed by atoms with Crippen molar-refractivity contribution in [1.82, 2.24) is 5.32 Å². The molecular formula is C16H22FN. The Morgan fingerprint density at radius 3 is 3.06 bits per heavy atom. The van der Waals surface area contributed by atoms with Gasteiger partial charge in [-0.3, -0.25) is 0 Å². The van der Waals surface area contributed by atoms with Crippen LogP contribution in [0.4, 0.5) is 4.39 Å². The zero-order valence-corrected chi connectivity index (χ0v) is 11.3. The van der Waals surface area contributed by atoms with Crippen molar-refractivity contribution in [3.63, 3.8) is 0 Å². The first-order valence-corrected chi connectivity index (χ1v) is 7.12. The van der Waals surface area contributed by atoms with Gasteiger partial charge in [0, 0.05) is 5.41 Å². The van der Waals surface area contributed by atoms with Crippen molar-refractivity contribution >= 4 is 0 Å². The number of nitrogens with one attached hydrogen (secondary N) is 1. The summed E-state index contributed by atoms with van der Waals surface area (Å²) in [5, 5.41) is 3.55. The van der Waals surface area contributed by atoms with Crippen LogP contribution in [0, 0.1) is 17.7 Å². The standard InChI is InChI=1S/C16H22FN/c1-11(2)9-18-10-12-8-16(12)7-6-13-14(16)4-3-5-15(13)17/h3-5,11-12,18H,6-10H2,1-2H3. The zero-order chi connectivity index (χ0) is 12.8. The smallest absolute Gasteiger partial charge is 0.126 e. The molecular weight excluding hydrogens is 225 g/mol. The van der Waals surface area contributed by atoms with Crippen LogP contribution in [-0.2, 0) is 11.8 Å². The molecule has 2 atom stereocenters. The molecule has 1 aromatic carbocycles. The molecule has 98 valence electrons. The fourth-order valence-corrected chi connectivity index (χ4v) is 3.59. The van der Waals surface area contributed by atoms with E-state index in [1.54, 1.807) is 6.07 Å². The Labute approximate surface area is 109 Å². The van der Waals surface area contributed by atoms with E-state index in [2.05, 4.69) is 25.2 Å². The quantitative estimate of drug-likeness (QED) is 0.861. The predicted octanol–water partition coefficient (Wildman–Crippen LogP) is 3.28. The van der Waals surface area contributed by atoms with Crippen LogP contribution >= 0.6 is 0 Å². The molecule has 18 heavy (non-hydrogen) atoms. The minimum atomic E-state index is 0.00478. The summed E-state index contributed by atoms with van der Waals surface area (Å²) in [7, 11) is 0. The fraction of sp³-hybridized carbons (Fsp3) is 0.625. The number of benzene rings is 1. The van der Waals surface area contributed by atoms with Gasteiger partial charge in [0.25, 0.3) is 0 Å². The summed E-state index contributed by atoms with van der Waals surface area (Å²) in [6.07, 6.45) is 3.33. The molecule has 0 amide bonds. The van der Waals surface area contributed by atoms with Gasteiger partial charge in [0.15, 0.2) is 0 Å². The molecule has 1 spiro atoms. The van der Waals surface area contributed by atoms with Gasteiger partial charge in [-0.1, -0.05) is 26.0 Å². The summed E-state index contributed by atoms with van der Waals surface area (Å²) in [4.78, 5) is 0. The Morgan fingerprint density at radius 2 is 2.28 bits per heavy atom. The first kappa shape index (κ1) is 12.2. The molecule has 1 nitrogen and oxygen atoms in total. The van der Waals surface area contributed by atoms with Crippen molar-refractivity contribution in [2.24, 2.45) is 11.8 Å². The Balaban J connectivity index is 1.69. The maximum Gasteiger partial charge on any atom is 0.126 e. The first-order chi connectivity index (χ1) is 8.63. The SMILES string of the molecule is CC(C)CNCC1CC12CCc1c(F)cccc12. The lowest BCUT2D eigenvalue weighted by Crippen LogP contribution is -2.24. The summed E-state index contributed by atoms with van der Waals surface area (Å²) in [6.45, 7) is 6.64. The highest BCUT2D eigenvalue weighted by atomic mass is 19.1. The lowest BCUT2D eigenvalue weighted by Gasteiger charge is -2.13. The summed E-state index contributed by atoms with van der Waals surface area (Å²) in [5.74, 6) is 1.43. The molecule has 1 aromatic rings. The lowest BCUT2D eigenvalue weighted by molar-refractivity contribution is 0.503. The number of halogens is 1. The van der Waals surface area contributed by atoms with Gasteiger partial charge < -0.3 is 5.32 Å². The van der Waals surface area contributed by atoms with Crippen molar-refractivity contribution < 1.29 is 4.39 Å². The van der Waals surface area contributed by atoms with Crippen molar-refractivity contribution in [3.05, 3.63) is 35.1 Å². The van der Waals surface area contributed by atoms with Crippen LogP contribution in [0.5, 0.6) is 0 Å². The largest absolute Gasteiger partial charge is 0.316 e. The second kappa shape index (κ2) is 4.34. The fourth-order valence-electron chi connectivity index (χ4n) is 3.59. The van der Waals surface area contributed by atoms with Crippen molar-refractivity contribution in [1.29, 1.82) is 0 Å². The van der Waals surface area contributed by atoms with E-state index in [1.165, 1.54) is 12.0 Å². The van der Waals surface area contributed by atoms with E-state index in [1.807, 2.05) is 6.07 Å². The van der Waals surface area contributed by atoms with Crippen LogP contribution in [0.1, 0.15) is 37.8 Å². The Hall–Kier alpha value is -0.890. The minimum absolute atomic E-state index is 0.00478. The third kappa shape index (κ3) is 1.87. The predicted molar refractivity (Wildman–Crippen MR) is 72.2 cm³/mol. The Kier molecular flexibility index (Phi) is 2.93. The van der Waals surface area contributed by atoms with Crippen LogP contribution in [0.15, 0.2) is 18.2 Å². The molecule has 1 fully saturated rings. The molecule has 0 saturated heterocycles. The molecule has 0 bridgehead atoms. The molecule has 2 heteroatoms. The van der Waals surface area contributed by atoms with Gasteiger partial charge in [-0.2, -0.15) is 0 Å². The van der Waals surface area contributed by atoms with E-state index in [4.69, 9.17) is 0 Å². The highest BCUT2D eigenvalue weighted by Gasteiger charge is 2.57. The topological polar surface area (TPSA) is 12.0 Å². The zero-order valence-electron chi connectivity index (χ0n) is 11.3. The van der Waals surface area contributed by atoms with Crippen molar-refractivity contribution in [2.75, 3.05) is 13.1 Å². The summed E-state index contributed by atoms with van der Waals surface area (Å²) in [6, 6.07) is 5.62. The average Bonchev–Trinajstić information content (AvgIpc) is 2.87. The maximum absolute atomic E-state index is 13.7. The van der Waals surface area contributed by atoms with E-state index < -0.39 is 0 Å². The maximum atomic E-state index is 13.7. The normalized spacial score (nSPS) is 29.0. The number of hydrogen-bond donors (Lipinski definition) is 1. The molecule has 0 radical (unpaired) electrons. The van der Waals surface area contributed by atoms with E-state index in [0.717, 1.165) is 37.4 Å². The third-order valence-electron chi connectivity index (χ3n) is 4.65. The second-order valence-electron chi connectivity index (χ2n) is 6.38. The molecule has 2 aliphatic rings. The first-order valence-electron chi connectivity index (χ1n) is 7.12. The molecule has 1 N–H and O–H groups in total. The van der Waals surface area contributed by atoms with Crippen LogP contribution in [0.3, 0.4) is 0 Å². The third-order valence-corrected chi connectivity index (χ3v) is 4.65. The van der Waals surface area contributed by atoms with Crippen LogP contribution in [0.25, 0.3) is 0 Å². The summed E-state index contributed by atoms with van der Waals surface area (Å²) >= 11 is 0. The average molecular weight is 247 g/mol. The Bertz CT molecular complexity index is 454. The summed E-state index contributed by atoms with van der Waals surface area (Å²) < 4.78 is 13.7. The van der Waals surface area contributed by atoms with E-state index in [9.17, 15) is 4.39 Å². The minimum Gasteiger partial charge on any atom is -0.316 e. The molecule has 0 heterocycles. The monoisotopic (exact) mass is 247 g/mol. The van der Waals surface area contributed by atoms with Crippen molar-refractivity contribution in [2.45, 2.75) is 38.5 Å². The van der Waals surface area contributed by atoms with Gasteiger partial charge in [0.1, 0.15) is 5.82 Å². The van der Waals surface area contributed by atoms with Gasteiger partial charge in [0.05, 0.1) is 0 Å². The van der Waals surface area contributed by atoms with Crippen LogP contribution < -0.4 is 5.32 Å². The number of hydrogen-bond acceptors (Lipinski definition) is 1. The summed E-state index contributed by atoms with van der Waals surface area (Å²) in [5.41, 5.74) is 2.62. The molecule has 0 aromatic heterocycles. The molecule has 1 saturated carbocycles. The van der Waals surface area contributed by atoms with E-state index in [0.29, 0.717) is 11.3 Å². The van der Waals surface area contributed by atoms with Gasteiger partial charge in [-0.25, -0.2) is 4.39 Å². The van der Waals surface area contributed by atoms with Gasteiger partial charge in [-0.15, -0.1) is 0 Å². The van der Waals surface area contributed by atoms with Gasteiger partial charge in [0.2, 0.25) is 0 Å². The molecule has 2 unspecified atom stereocenters. The lowest BCUT2D eigenvalue weighted by atomic mass is 9.95. The molecule has 3 rings (SSSR count). The highest BCUT2D eigenvalue weighted by molar-refractivity contribution is 5.45. The molecule has 2 aliphatic carbocycles. The van der Waals surface area contributed by atoms with E-state index in [-0.39, 0.29) is 5.82 Å². The van der Waals surface area contributed by atoms with Crippen LogP contribution in [0.2, 0.25) is 0 Å². The van der Waals surface area contributed by atoms with Crippen molar-refractivity contribution in [3.8, 4) is 0 Å². The van der Waals surface area contributed by atoms with E-state index >= 15 is 0 Å². The Morgan fingerprint density at radius 1 is 1.44 bits per heavy atom. The molecule has 0 aliphatic heterocycles. The number of fused-ring (bicyclic) bond motifs is 2. The van der Waals surface area contributed by atoms with Gasteiger partial charge in [-0.05, 0) is 61.4 Å². The number of rotatable bonds is 4. The second-order valence-corrected chi connectivity index (χ2v) is 6.38.